The van der Waals surface area contributed by atoms with Crippen LogP contribution in [0.15, 0.2) is 23.1 Å². The van der Waals surface area contributed by atoms with E-state index in [0.29, 0.717) is 6.42 Å². The van der Waals surface area contributed by atoms with Gasteiger partial charge in [0.1, 0.15) is 5.82 Å². The summed E-state index contributed by atoms with van der Waals surface area (Å²) in [7, 11) is -4.09. The lowest BCUT2D eigenvalue weighted by atomic mass is 10.0. The number of nitrogens with one attached hydrogen (secondary N) is 1. The minimum atomic E-state index is -4.09. The summed E-state index contributed by atoms with van der Waals surface area (Å²) in [5.41, 5.74) is -0.272. The van der Waals surface area contributed by atoms with Gasteiger partial charge < -0.3 is 5.32 Å². The largest absolute Gasteiger partial charge is 0.349 e. The summed E-state index contributed by atoms with van der Waals surface area (Å²) in [5.74, 6) is -1.16. The highest BCUT2D eigenvalue weighted by atomic mass is 32.2. The van der Waals surface area contributed by atoms with Gasteiger partial charge in [-0.3, -0.25) is 4.79 Å². The van der Waals surface area contributed by atoms with E-state index in [1.54, 1.807) is 0 Å². The third kappa shape index (κ3) is 4.01. The molecule has 112 valence electrons. The summed E-state index contributed by atoms with van der Waals surface area (Å²) < 4.78 is 36.1. The van der Waals surface area contributed by atoms with Crippen molar-refractivity contribution in [3.05, 3.63) is 29.6 Å². The predicted molar refractivity (Wildman–Crippen MR) is 74.2 cm³/mol. The Bertz CT molecular complexity index is 600. The quantitative estimate of drug-likeness (QED) is 0.866. The molecule has 1 rings (SSSR count). The summed E-state index contributed by atoms with van der Waals surface area (Å²) in [4.78, 5) is 11.8. The molecule has 0 spiro atoms. The fourth-order valence-corrected chi connectivity index (χ4v) is 2.63. The fraction of sp³-hybridized carbons (Fsp3) is 0.462. The second-order valence-electron chi connectivity index (χ2n) is 4.92. The minimum Gasteiger partial charge on any atom is -0.349 e. The van der Waals surface area contributed by atoms with Crippen molar-refractivity contribution < 1.29 is 17.6 Å². The molecule has 20 heavy (non-hydrogen) atoms. The molecule has 1 unspecified atom stereocenters. The van der Waals surface area contributed by atoms with Gasteiger partial charge >= 0.3 is 0 Å². The minimum absolute atomic E-state index is 0.126. The number of halogens is 1. The topological polar surface area (TPSA) is 89.3 Å². The van der Waals surface area contributed by atoms with E-state index >= 15 is 0 Å². The normalized spacial score (nSPS) is 13.3. The number of rotatable bonds is 5. The monoisotopic (exact) mass is 302 g/mol. The van der Waals surface area contributed by atoms with Crippen molar-refractivity contribution in [1.82, 2.24) is 5.32 Å². The standard InChI is InChI=1S/C13H19FN2O3S/c1-4-11(8(2)3)16-13(17)10-7-9(14)5-6-12(10)20(15,18)19/h5-8,11H,4H2,1-3H3,(H,16,17)(H2,15,18,19). The van der Waals surface area contributed by atoms with Crippen molar-refractivity contribution >= 4 is 15.9 Å². The Morgan fingerprint density at radius 3 is 2.45 bits per heavy atom. The Kier molecular flexibility index (Phi) is 5.24. The molecule has 1 amide bonds. The van der Waals surface area contributed by atoms with Crippen LogP contribution in [0, 0.1) is 11.7 Å². The highest BCUT2D eigenvalue weighted by Gasteiger charge is 2.22. The van der Waals surface area contributed by atoms with Gasteiger partial charge in [-0.15, -0.1) is 0 Å². The first-order chi connectivity index (χ1) is 9.16. The number of carbonyl (C=O) groups excluding carboxylic acids is 1. The zero-order valence-corrected chi connectivity index (χ0v) is 12.5. The van der Waals surface area contributed by atoms with Crippen molar-refractivity contribution in [1.29, 1.82) is 0 Å². The number of primary sulfonamides is 1. The number of benzene rings is 1. The maximum Gasteiger partial charge on any atom is 0.252 e. The molecule has 0 saturated heterocycles. The molecule has 0 aromatic heterocycles. The van der Waals surface area contributed by atoms with Gasteiger partial charge in [0, 0.05) is 6.04 Å². The van der Waals surface area contributed by atoms with Crippen LogP contribution in [0.5, 0.6) is 0 Å². The number of hydrogen-bond donors (Lipinski definition) is 2. The van der Waals surface area contributed by atoms with Gasteiger partial charge in [0.2, 0.25) is 10.0 Å². The maximum atomic E-state index is 13.3. The summed E-state index contributed by atoms with van der Waals surface area (Å²) in [6.45, 7) is 5.76. The molecule has 5 nitrogen and oxygen atoms in total. The molecule has 1 aromatic rings. The molecule has 0 bridgehead atoms. The van der Waals surface area contributed by atoms with Gasteiger partial charge in [-0.2, -0.15) is 0 Å². The highest BCUT2D eigenvalue weighted by Crippen LogP contribution is 2.17. The highest BCUT2D eigenvalue weighted by molar-refractivity contribution is 7.89. The van der Waals surface area contributed by atoms with Gasteiger partial charge in [0.25, 0.3) is 5.91 Å². The zero-order chi connectivity index (χ0) is 15.5. The molecule has 0 aliphatic rings. The number of nitrogens with two attached hydrogens (primary N) is 1. The van der Waals surface area contributed by atoms with Crippen LogP contribution in [-0.4, -0.2) is 20.4 Å². The molecular formula is C13H19FN2O3S. The third-order valence-corrected chi connectivity index (χ3v) is 4.02. The van der Waals surface area contributed by atoms with Crippen LogP contribution in [-0.2, 0) is 10.0 Å². The van der Waals surface area contributed by atoms with Crippen LogP contribution in [0.25, 0.3) is 0 Å². The van der Waals surface area contributed by atoms with Gasteiger partial charge in [0.15, 0.2) is 0 Å². The first-order valence-corrected chi connectivity index (χ1v) is 7.84. The zero-order valence-electron chi connectivity index (χ0n) is 11.7. The molecule has 1 aromatic carbocycles. The molecular weight excluding hydrogens is 283 g/mol. The molecule has 0 heterocycles. The van der Waals surface area contributed by atoms with Crippen molar-refractivity contribution in [2.45, 2.75) is 38.1 Å². The number of carbonyl (C=O) groups is 1. The van der Waals surface area contributed by atoms with Gasteiger partial charge in [-0.1, -0.05) is 20.8 Å². The van der Waals surface area contributed by atoms with Gasteiger partial charge in [0.05, 0.1) is 10.5 Å². The average molecular weight is 302 g/mol. The average Bonchev–Trinajstić information content (AvgIpc) is 2.33. The molecule has 1 atom stereocenters. The van der Waals surface area contributed by atoms with Crippen LogP contribution in [0.2, 0.25) is 0 Å². The molecule has 0 aliphatic heterocycles. The SMILES string of the molecule is CCC(NC(=O)c1cc(F)ccc1S(N)(=O)=O)C(C)C. The smallest absolute Gasteiger partial charge is 0.252 e. The number of sulfonamides is 1. The van der Waals surface area contributed by atoms with E-state index in [4.69, 9.17) is 5.14 Å². The number of amides is 1. The lowest BCUT2D eigenvalue weighted by Crippen LogP contribution is -2.38. The van der Waals surface area contributed by atoms with Crippen LogP contribution in [0.1, 0.15) is 37.6 Å². The van der Waals surface area contributed by atoms with Crippen molar-refractivity contribution in [3.63, 3.8) is 0 Å². The fourth-order valence-electron chi connectivity index (χ4n) is 1.91. The Hall–Kier alpha value is -1.47. The van der Waals surface area contributed by atoms with Crippen molar-refractivity contribution in [3.8, 4) is 0 Å². The van der Waals surface area contributed by atoms with E-state index in [1.165, 1.54) is 0 Å². The summed E-state index contributed by atoms with van der Waals surface area (Å²) >= 11 is 0. The van der Waals surface area contributed by atoms with E-state index in [-0.39, 0.29) is 22.4 Å². The van der Waals surface area contributed by atoms with E-state index in [2.05, 4.69) is 5.32 Å². The summed E-state index contributed by atoms with van der Waals surface area (Å²) in [6.07, 6.45) is 0.684. The molecule has 0 fully saturated rings. The molecule has 0 aliphatic carbocycles. The van der Waals surface area contributed by atoms with Crippen LogP contribution in [0.4, 0.5) is 4.39 Å². The molecule has 0 saturated carbocycles. The van der Waals surface area contributed by atoms with Gasteiger partial charge in [-0.25, -0.2) is 17.9 Å². The third-order valence-electron chi connectivity index (χ3n) is 3.05. The van der Waals surface area contributed by atoms with E-state index < -0.39 is 21.7 Å². The number of hydrogen-bond acceptors (Lipinski definition) is 3. The molecule has 3 N–H and O–H groups in total. The lowest BCUT2D eigenvalue weighted by molar-refractivity contribution is 0.0920. The van der Waals surface area contributed by atoms with Crippen molar-refractivity contribution in [2.75, 3.05) is 0 Å². The first-order valence-electron chi connectivity index (χ1n) is 6.30. The Labute approximate surface area is 118 Å². The van der Waals surface area contributed by atoms with Gasteiger partial charge in [-0.05, 0) is 30.5 Å². The second kappa shape index (κ2) is 6.32. The summed E-state index contributed by atoms with van der Waals surface area (Å²) in [6, 6.07) is 2.70. The molecule has 0 radical (unpaired) electrons. The van der Waals surface area contributed by atoms with Crippen LogP contribution < -0.4 is 10.5 Å². The van der Waals surface area contributed by atoms with Crippen LogP contribution >= 0.6 is 0 Å². The second-order valence-corrected chi connectivity index (χ2v) is 6.45. The van der Waals surface area contributed by atoms with Crippen LogP contribution in [0.3, 0.4) is 0 Å². The summed E-state index contributed by atoms with van der Waals surface area (Å²) in [5, 5.41) is 7.73. The molecule has 7 heteroatoms. The Balaban J connectivity index is 3.18. The predicted octanol–water partition coefficient (Wildman–Crippen LogP) is 1.64. The maximum absolute atomic E-state index is 13.3. The Morgan fingerprint density at radius 2 is 2.00 bits per heavy atom. The lowest BCUT2D eigenvalue weighted by Gasteiger charge is -2.21. The van der Waals surface area contributed by atoms with E-state index in [9.17, 15) is 17.6 Å². The van der Waals surface area contributed by atoms with E-state index in [0.717, 1.165) is 18.2 Å². The first kappa shape index (κ1) is 16.6. The van der Waals surface area contributed by atoms with Crippen molar-refractivity contribution in [2.24, 2.45) is 11.1 Å². The van der Waals surface area contributed by atoms with E-state index in [1.807, 2.05) is 20.8 Å². The Morgan fingerprint density at radius 1 is 1.40 bits per heavy atom.